The molecule has 0 aliphatic rings. The molecule has 0 aliphatic heterocycles. The maximum Gasteiger partial charge on any atom is 0.358 e. The van der Waals surface area contributed by atoms with E-state index in [1.54, 1.807) is 6.92 Å². The van der Waals surface area contributed by atoms with Gasteiger partial charge in [-0.2, -0.15) is 8.42 Å². The molecule has 0 radical (unpaired) electrons. The quantitative estimate of drug-likeness (QED) is 0.643. The van der Waals surface area contributed by atoms with E-state index in [1.165, 1.54) is 0 Å². The molecule has 0 aromatic heterocycles. The summed E-state index contributed by atoms with van der Waals surface area (Å²) in [6.07, 6.45) is 2.61. The van der Waals surface area contributed by atoms with Crippen molar-refractivity contribution in [2.24, 2.45) is 5.92 Å². The van der Waals surface area contributed by atoms with Crippen LogP contribution in [0.5, 0.6) is 0 Å². The van der Waals surface area contributed by atoms with Crippen LogP contribution in [0.2, 0.25) is 0 Å². The Hall–Kier alpha value is -0.170. The van der Waals surface area contributed by atoms with Crippen LogP contribution in [0.4, 0.5) is 0 Å². The van der Waals surface area contributed by atoms with Crippen LogP contribution in [0.15, 0.2) is 0 Å². The van der Waals surface area contributed by atoms with E-state index in [4.69, 9.17) is 5.21 Å². The van der Waals surface area contributed by atoms with Crippen molar-refractivity contribution >= 4 is 10.3 Å². The van der Waals surface area contributed by atoms with Crippen molar-refractivity contribution in [3.8, 4) is 0 Å². The first-order valence-corrected chi connectivity index (χ1v) is 6.18. The van der Waals surface area contributed by atoms with E-state index in [0.29, 0.717) is 0 Å². The number of nitrogens with one attached hydrogen (secondary N) is 1. The molecule has 2 atom stereocenters. The van der Waals surface area contributed by atoms with E-state index in [2.05, 4.69) is 11.1 Å². The highest BCUT2D eigenvalue weighted by molar-refractivity contribution is 7.84. The van der Waals surface area contributed by atoms with Crippen LogP contribution in [0.3, 0.4) is 0 Å². The summed E-state index contributed by atoms with van der Waals surface area (Å²) in [5, 5.41) is 8.24. The maximum absolute atomic E-state index is 10.8. The van der Waals surface area contributed by atoms with Crippen LogP contribution in [0.1, 0.15) is 40.0 Å². The molecule has 0 saturated carbocycles. The van der Waals surface area contributed by atoms with Crippen molar-refractivity contribution in [1.82, 2.24) is 4.89 Å². The lowest BCUT2D eigenvalue weighted by atomic mass is 10.00. The first-order chi connectivity index (χ1) is 6.43. The Morgan fingerprint density at radius 1 is 1.43 bits per heavy atom. The van der Waals surface area contributed by atoms with Crippen LogP contribution in [0, 0.1) is 5.92 Å². The lowest BCUT2D eigenvalue weighted by Gasteiger charge is -2.18. The standard InChI is InChI=1S/C8H19NO4S/c1-4-5-6-7(2)8(3)13-14(11,12)9-10/h7-10H,4-6H2,1-3H3. The second kappa shape index (κ2) is 6.34. The van der Waals surface area contributed by atoms with E-state index >= 15 is 0 Å². The van der Waals surface area contributed by atoms with Gasteiger partial charge >= 0.3 is 10.3 Å². The van der Waals surface area contributed by atoms with Crippen molar-refractivity contribution in [2.75, 3.05) is 0 Å². The molecule has 5 nitrogen and oxygen atoms in total. The minimum atomic E-state index is -3.98. The monoisotopic (exact) mass is 225 g/mol. The molecular formula is C8H19NO4S. The average Bonchev–Trinajstić information content (AvgIpc) is 2.13. The molecule has 2 N–H and O–H groups in total. The molecule has 0 rings (SSSR count). The number of unbranched alkanes of at least 4 members (excludes halogenated alkanes) is 1. The van der Waals surface area contributed by atoms with E-state index in [0.717, 1.165) is 24.1 Å². The molecule has 0 amide bonds. The van der Waals surface area contributed by atoms with Crippen LogP contribution >= 0.6 is 0 Å². The normalized spacial score (nSPS) is 16.6. The van der Waals surface area contributed by atoms with E-state index < -0.39 is 16.4 Å². The summed E-state index contributed by atoms with van der Waals surface area (Å²) in [5.74, 6) is 0.151. The molecule has 2 unspecified atom stereocenters. The van der Waals surface area contributed by atoms with Gasteiger partial charge in [0.2, 0.25) is 0 Å². The highest BCUT2D eigenvalue weighted by atomic mass is 32.2. The Kier molecular flexibility index (Phi) is 6.26. The van der Waals surface area contributed by atoms with Gasteiger partial charge in [0.25, 0.3) is 0 Å². The van der Waals surface area contributed by atoms with E-state index in [1.807, 2.05) is 6.92 Å². The van der Waals surface area contributed by atoms with Gasteiger partial charge in [0.05, 0.1) is 6.10 Å². The van der Waals surface area contributed by atoms with E-state index in [-0.39, 0.29) is 5.92 Å². The number of hydrogen-bond acceptors (Lipinski definition) is 4. The Morgan fingerprint density at radius 3 is 2.43 bits per heavy atom. The third-order valence-corrected chi connectivity index (χ3v) is 2.99. The van der Waals surface area contributed by atoms with Gasteiger partial charge in [-0.1, -0.05) is 31.6 Å². The molecule has 0 aromatic carbocycles. The Morgan fingerprint density at radius 2 is 2.00 bits per heavy atom. The van der Waals surface area contributed by atoms with Gasteiger partial charge in [-0.3, -0.25) is 4.18 Å². The fourth-order valence-electron chi connectivity index (χ4n) is 1.08. The molecule has 86 valence electrons. The Labute approximate surface area is 85.7 Å². The molecule has 0 aliphatic carbocycles. The minimum Gasteiger partial charge on any atom is -0.300 e. The fourth-order valence-corrected chi connectivity index (χ4v) is 1.71. The SMILES string of the molecule is CCCCC(C)C(C)OS(=O)(=O)NO. The lowest BCUT2D eigenvalue weighted by molar-refractivity contribution is 0.134. The van der Waals surface area contributed by atoms with Crippen molar-refractivity contribution in [3.05, 3.63) is 0 Å². The molecule has 0 spiro atoms. The highest BCUT2D eigenvalue weighted by Crippen LogP contribution is 2.15. The number of rotatable bonds is 7. The summed E-state index contributed by atoms with van der Waals surface area (Å²) < 4.78 is 26.3. The highest BCUT2D eigenvalue weighted by Gasteiger charge is 2.19. The molecule has 0 saturated heterocycles. The topological polar surface area (TPSA) is 75.6 Å². The summed E-state index contributed by atoms with van der Waals surface area (Å²) in [6, 6.07) is 0. The first-order valence-electron chi connectivity index (χ1n) is 4.77. The van der Waals surface area contributed by atoms with Gasteiger partial charge in [0.1, 0.15) is 0 Å². The van der Waals surface area contributed by atoms with Gasteiger partial charge in [0.15, 0.2) is 0 Å². The van der Waals surface area contributed by atoms with Crippen LogP contribution in [-0.4, -0.2) is 19.7 Å². The minimum absolute atomic E-state index is 0.151. The summed E-state index contributed by atoms with van der Waals surface area (Å²) in [7, 11) is -3.98. The molecule has 0 heterocycles. The molecule has 0 bridgehead atoms. The van der Waals surface area contributed by atoms with Crippen LogP contribution in [-0.2, 0) is 14.5 Å². The summed E-state index contributed by atoms with van der Waals surface area (Å²) in [4.78, 5) is 1.13. The zero-order valence-corrected chi connectivity index (χ0v) is 9.67. The molecular weight excluding hydrogens is 206 g/mol. The maximum atomic E-state index is 10.8. The van der Waals surface area contributed by atoms with Crippen LogP contribution in [0.25, 0.3) is 0 Å². The Balaban J connectivity index is 4.01. The van der Waals surface area contributed by atoms with Gasteiger partial charge in [-0.05, 0) is 19.3 Å². The van der Waals surface area contributed by atoms with E-state index in [9.17, 15) is 8.42 Å². The second-order valence-electron chi connectivity index (χ2n) is 3.47. The molecule has 14 heavy (non-hydrogen) atoms. The van der Waals surface area contributed by atoms with Crippen LogP contribution < -0.4 is 4.89 Å². The molecule has 0 aromatic rings. The third kappa shape index (κ3) is 5.54. The predicted molar refractivity (Wildman–Crippen MR) is 53.1 cm³/mol. The van der Waals surface area contributed by atoms with Gasteiger partial charge in [0, 0.05) is 0 Å². The average molecular weight is 225 g/mol. The third-order valence-electron chi connectivity index (χ3n) is 2.20. The zero-order valence-electron chi connectivity index (χ0n) is 8.86. The summed E-state index contributed by atoms with van der Waals surface area (Å²) in [5.41, 5.74) is 0. The lowest BCUT2D eigenvalue weighted by Crippen LogP contribution is -2.29. The second-order valence-corrected chi connectivity index (χ2v) is 4.75. The smallest absolute Gasteiger partial charge is 0.300 e. The molecule has 6 heteroatoms. The van der Waals surface area contributed by atoms with Crippen molar-refractivity contribution < 1.29 is 17.8 Å². The summed E-state index contributed by atoms with van der Waals surface area (Å²) in [6.45, 7) is 5.67. The molecule has 0 fully saturated rings. The predicted octanol–water partition coefficient (Wildman–Crippen LogP) is 1.44. The van der Waals surface area contributed by atoms with Crippen molar-refractivity contribution in [3.63, 3.8) is 0 Å². The van der Waals surface area contributed by atoms with Crippen molar-refractivity contribution in [1.29, 1.82) is 0 Å². The summed E-state index contributed by atoms with van der Waals surface area (Å²) >= 11 is 0. The largest absolute Gasteiger partial charge is 0.358 e. The van der Waals surface area contributed by atoms with Crippen molar-refractivity contribution in [2.45, 2.75) is 46.1 Å². The zero-order chi connectivity index (χ0) is 11.2. The van der Waals surface area contributed by atoms with Gasteiger partial charge in [-0.15, -0.1) is 0 Å². The first kappa shape index (κ1) is 13.8. The number of hydrogen-bond donors (Lipinski definition) is 2. The Bertz CT molecular complexity index is 240. The van der Waals surface area contributed by atoms with Gasteiger partial charge in [-0.25, -0.2) is 0 Å². The van der Waals surface area contributed by atoms with Gasteiger partial charge < -0.3 is 5.21 Å². The fraction of sp³-hybridized carbons (Fsp3) is 1.00.